The lowest BCUT2D eigenvalue weighted by molar-refractivity contribution is -0.131. The Morgan fingerprint density at radius 1 is 1.64 bits per heavy atom. The van der Waals surface area contributed by atoms with Gasteiger partial charge in [-0.05, 0) is 12.8 Å². The zero-order chi connectivity index (χ0) is 7.84. The SMILES string of the molecule is C=C[C@H]1C[C@@H]2C[C@@H](CO)N1O2. The Kier molecular flexibility index (Phi) is 1.71. The first-order chi connectivity index (χ1) is 5.35. The summed E-state index contributed by atoms with van der Waals surface area (Å²) in [5.41, 5.74) is 0. The van der Waals surface area contributed by atoms with E-state index in [2.05, 4.69) is 6.58 Å². The Labute approximate surface area is 66.2 Å². The minimum Gasteiger partial charge on any atom is -0.395 e. The molecule has 0 aromatic heterocycles. The molecule has 1 unspecified atom stereocenters. The molecule has 2 heterocycles. The Morgan fingerprint density at radius 3 is 3.00 bits per heavy atom. The molecule has 4 atom stereocenters. The summed E-state index contributed by atoms with van der Waals surface area (Å²) >= 11 is 0. The Balaban J connectivity index is 2.07. The molecule has 2 aliphatic heterocycles. The Morgan fingerprint density at radius 2 is 2.45 bits per heavy atom. The van der Waals surface area contributed by atoms with Crippen LogP contribution in [0.1, 0.15) is 12.8 Å². The quantitative estimate of drug-likeness (QED) is 0.583. The van der Waals surface area contributed by atoms with Crippen molar-refractivity contribution in [2.45, 2.75) is 31.0 Å². The predicted octanol–water partition coefficient (Wildman–Crippen LogP) is 0.311. The van der Waals surface area contributed by atoms with Gasteiger partial charge in [0.1, 0.15) is 0 Å². The van der Waals surface area contributed by atoms with E-state index in [-0.39, 0.29) is 12.6 Å². The van der Waals surface area contributed by atoms with Crippen molar-refractivity contribution in [1.82, 2.24) is 5.06 Å². The summed E-state index contributed by atoms with van der Waals surface area (Å²) < 4.78 is 0. The van der Waals surface area contributed by atoms with E-state index in [1.54, 1.807) is 0 Å². The minimum atomic E-state index is 0.195. The number of fused-ring (bicyclic) bond motifs is 2. The first kappa shape index (κ1) is 7.28. The van der Waals surface area contributed by atoms with Crippen molar-refractivity contribution in [1.29, 1.82) is 0 Å². The first-order valence-corrected chi connectivity index (χ1v) is 4.03. The molecule has 3 heteroatoms. The van der Waals surface area contributed by atoms with Crippen LogP contribution in [0.4, 0.5) is 0 Å². The van der Waals surface area contributed by atoms with Crippen molar-refractivity contribution in [2.24, 2.45) is 0 Å². The maximum Gasteiger partial charge on any atom is 0.0829 e. The van der Waals surface area contributed by atoms with Gasteiger partial charge in [-0.1, -0.05) is 6.08 Å². The van der Waals surface area contributed by atoms with Crippen molar-refractivity contribution < 1.29 is 9.94 Å². The van der Waals surface area contributed by atoms with Crippen LogP contribution in [0.2, 0.25) is 0 Å². The summed E-state index contributed by atoms with van der Waals surface area (Å²) in [7, 11) is 0. The molecule has 0 aromatic carbocycles. The molecule has 0 aromatic rings. The largest absolute Gasteiger partial charge is 0.395 e. The van der Waals surface area contributed by atoms with Gasteiger partial charge in [-0.15, -0.1) is 6.58 Å². The highest BCUT2D eigenvalue weighted by atomic mass is 16.7. The topological polar surface area (TPSA) is 32.7 Å². The monoisotopic (exact) mass is 155 g/mol. The van der Waals surface area contributed by atoms with Crippen molar-refractivity contribution in [3.8, 4) is 0 Å². The number of piperidine rings is 1. The first-order valence-electron chi connectivity index (χ1n) is 4.03. The second-order valence-electron chi connectivity index (χ2n) is 3.20. The normalized spacial score (nSPS) is 48.1. The third kappa shape index (κ3) is 1.00. The maximum absolute atomic E-state index is 8.95. The fourth-order valence-electron chi connectivity index (χ4n) is 1.93. The highest BCUT2D eigenvalue weighted by Crippen LogP contribution is 2.35. The lowest BCUT2D eigenvalue weighted by atomic mass is 9.98. The second kappa shape index (κ2) is 2.59. The highest BCUT2D eigenvalue weighted by molar-refractivity contribution is 4.98. The molecule has 1 N–H and O–H groups in total. The van der Waals surface area contributed by atoms with Gasteiger partial charge in [-0.25, -0.2) is 0 Å². The Bertz CT molecular complexity index is 171. The van der Waals surface area contributed by atoms with Gasteiger partial charge in [0.25, 0.3) is 0 Å². The van der Waals surface area contributed by atoms with E-state index in [0.717, 1.165) is 12.8 Å². The van der Waals surface area contributed by atoms with Crippen LogP contribution in [-0.2, 0) is 4.84 Å². The molecular weight excluding hydrogens is 142 g/mol. The van der Waals surface area contributed by atoms with E-state index in [1.165, 1.54) is 0 Å². The number of rotatable bonds is 2. The number of hydrogen-bond donors (Lipinski definition) is 1. The molecule has 0 radical (unpaired) electrons. The number of aliphatic hydroxyl groups is 1. The van der Waals surface area contributed by atoms with Crippen LogP contribution in [0.25, 0.3) is 0 Å². The number of aliphatic hydroxyl groups excluding tert-OH is 1. The lowest BCUT2D eigenvalue weighted by Gasteiger charge is -2.25. The molecule has 0 saturated carbocycles. The molecular formula is C8H13NO2. The van der Waals surface area contributed by atoms with Crippen molar-refractivity contribution >= 4 is 0 Å². The minimum absolute atomic E-state index is 0.195. The fraction of sp³-hybridized carbons (Fsp3) is 0.750. The fourth-order valence-corrected chi connectivity index (χ4v) is 1.93. The van der Waals surface area contributed by atoms with Gasteiger partial charge < -0.3 is 5.11 Å². The van der Waals surface area contributed by atoms with Gasteiger partial charge in [0.05, 0.1) is 24.8 Å². The molecule has 62 valence electrons. The molecule has 11 heavy (non-hydrogen) atoms. The summed E-state index contributed by atoms with van der Waals surface area (Å²) in [5.74, 6) is 0. The lowest BCUT2D eigenvalue weighted by Crippen LogP contribution is -2.38. The molecule has 3 nitrogen and oxygen atoms in total. The van der Waals surface area contributed by atoms with E-state index in [4.69, 9.17) is 9.94 Å². The average Bonchev–Trinajstić information content (AvgIpc) is 2.60. The van der Waals surface area contributed by atoms with Gasteiger partial charge in [-0.3, -0.25) is 4.84 Å². The van der Waals surface area contributed by atoms with Gasteiger partial charge in [0, 0.05) is 0 Å². The third-order valence-electron chi connectivity index (χ3n) is 2.48. The standard InChI is InChI=1S/C8H13NO2/c1-2-6-3-8-4-7(5-10)9(6)11-8/h2,6-8,10H,1,3-5H2/t6-,7-,8+/m0/s1. The van der Waals surface area contributed by atoms with Crippen LogP contribution in [0.5, 0.6) is 0 Å². The molecule has 0 spiro atoms. The predicted molar refractivity (Wildman–Crippen MR) is 40.8 cm³/mol. The summed E-state index contributed by atoms with van der Waals surface area (Å²) in [6.07, 6.45) is 4.23. The number of nitrogens with zero attached hydrogens (tertiary/aromatic N) is 1. The van der Waals surface area contributed by atoms with Gasteiger partial charge >= 0.3 is 0 Å². The van der Waals surface area contributed by atoms with Gasteiger partial charge in [0.15, 0.2) is 0 Å². The van der Waals surface area contributed by atoms with Crippen molar-refractivity contribution in [3.63, 3.8) is 0 Å². The van der Waals surface area contributed by atoms with E-state index < -0.39 is 0 Å². The molecule has 2 bridgehead atoms. The molecule has 2 saturated heterocycles. The summed E-state index contributed by atoms with van der Waals surface area (Å²) in [6, 6.07) is 0.530. The number of hydrogen-bond acceptors (Lipinski definition) is 3. The molecule has 2 aliphatic rings. The molecule has 2 rings (SSSR count). The van der Waals surface area contributed by atoms with Gasteiger partial charge in [0.2, 0.25) is 0 Å². The van der Waals surface area contributed by atoms with Crippen LogP contribution in [0, 0.1) is 0 Å². The summed E-state index contributed by atoms with van der Waals surface area (Å²) in [6.45, 7) is 3.92. The molecule has 0 amide bonds. The zero-order valence-electron chi connectivity index (χ0n) is 6.44. The van der Waals surface area contributed by atoms with Crippen LogP contribution in [0.3, 0.4) is 0 Å². The second-order valence-corrected chi connectivity index (χ2v) is 3.20. The summed E-state index contributed by atoms with van der Waals surface area (Å²) in [4.78, 5) is 5.48. The molecule has 2 fully saturated rings. The van der Waals surface area contributed by atoms with E-state index >= 15 is 0 Å². The highest BCUT2D eigenvalue weighted by Gasteiger charge is 2.44. The average molecular weight is 155 g/mol. The van der Waals surface area contributed by atoms with Crippen LogP contribution < -0.4 is 0 Å². The maximum atomic E-state index is 8.95. The Hall–Kier alpha value is -0.380. The smallest absolute Gasteiger partial charge is 0.0829 e. The van der Waals surface area contributed by atoms with Crippen LogP contribution in [-0.4, -0.2) is 35.0 Å². The van der Waals surface area contributed by atoms with Crippen molar-refractivity contribution in [3.05, 3.63) is 12.7 Å². The van der Waals surface area contributed by atoms with E-state index in [0.29, 0.717) is 12.1 Å². The van der Waals surface area contributed by atoms with Crippen molar-refractivity contribution in [2.75, 3.05) is 6.61 Å². The van der Waals surface area contributed by atoms with Gasteiger partial charge in [-0.2, -0.15) is 5.06 Å². The van der Waals surface area contributed by atoms with E-state index in [9.17, 15) is 0 Å². The number of hydroxylamine groups is 2. The molecule has 0 aliphatic carbocycles. The third-order valence-corrected chi connectivity index (χ3v) is 2.48. The zero-order valence-corrected chi connectivity index (χ0v) is 6.44. The summed E-state index contributed by atoms with van der Waals surface area (Å²) in [5, 5.41) is 10.8. The van der Waals surface area contributed by atoms with Crippen LogP contribution >= 0.6 is 0 Å². The van der Waals surface area contributed by atoms with E-state index in [1.807, 2.05) is 11.1 Å². The van der Waals surface area contributed by atoms with Crippen LogP contribution in [0.15, 0.2) is 12.7 Å².